The number of carbonyl (C=O) groups is 1. The number of methoxy groups -OCH3 is 1. The lowest BCUT2D eigenvalue weighted by Gasteiger charge is -2.20. The molecule has 0 saturated carbocycles. The minimum Gasteiger partial charge on any atom is -0.468 e. The summed E-state index contributed by atoms with van der Waals surface area (Å²) < 4.78 is 4.60. The van der Waals surface area contributed by atoms with Gasteiger partial charge in [0.2, 0.25) is 0 Å². The molecule has 1 rings (SSSR count). The molecule has 0 aliphatic carbocycles. The molecule has 0 bridgehead atoms. The molecule has 1 aromatic rings. The Labute approximate surface area is 94.3 Å². The number of aromatic nitrogens is 1. The van der Waals surface area contributed by atoms with Crippen molar-refractivity contribution in [1.82, 2.24) is 4.98 Å². The highest BCUT2D eigenvalue weighted by Crippen LogP contribution is 2.12. The van der Waals surface area contributed by atoms with Crippen molar-refractivity contribution in [3.63, 3.8) is 0 Å². The molecule has 0 fully saturated rings. The molecule has 84 valence electrons. The van der Waals surface area contributed by atoms with Crippen LogP contribution in [0.5, 0.6) is 0 Å². The molecule has 16 heavy (non-hydrogen) atoms. The number of nitriles is 1. The summed E-state index contributed by atoms with van der Waals surface area (Å²) in [6.45, 7) is 2.78. The Bertz CT molecular complexity index is 395. The average molecular weight is 219 g/mol. The maximum atomic E-state index is 11.1. The molecule has 1 aromatic heterocycles. The second-order valence-electron chi connectivity index (χ2n) is 3.10. The fourth-order valence-electron chi connectivity index (χ4n) is 1.25. The standard InChI is InChI=1S/C11H13N3O2/c1-3-14(8-11(15)16-2)10-5-4-9(6-12)13-7-10/h4-5,7H,3,8H2,1-2H3. The number of ether oxygens (including phenoxy) is 1. The number of esters is 1. The first-order chi connectivity index (χ1) is 7.71. The summed E-state index contributed by atoms with van der Waals surface area (Å²) >= 11 is 0. The first kappa shape index (κ1) is 12.0. The summed E-state index contributed by atoms with van der Waals surface area (Å²) in [7, 11) is 1.35. The third-order valence-corrected chi connectivity index (χ3v) is 2.16. The van der Waals surface area contributed by atoms with E-state index in [1.807, 2.05) is 17.9 Å². The quantitative estimate of drug-likeness (QED) is 0.705. The van der Waals surface area contributed by atoms with Crippen LogP contribution in [0.1, 0.15) is 12.6 Å². The molecule has 5 heteroatoms. The second kappa shape index (κ2) is 5.71. The van der Waals surface area contributed by atoms with E-state index in [1.165, 1.54) is 7.11 Å². The molecule has 1 heterocycles. The SMILES string of the molecule is CCN(CC(=O)OC)c1ccc(C#N)nc1. The van der Waals surface area contributed by atoms with Crippen LogP contribution in [0, 0.1) is 11.3 Å². The number of rotatable bonds is 4. The van der Waals surface area contributed by atoms with Crippen LogP contribution in [0.15, 0.2) is 18.3 Å². The van der Waals surface area contributed by atoms with Gasteiger partial charge in [-0.3, -0.25) is 4.79 Å². The zero-order valence-electron chi connectivity index (χ0n) is 9.30. The molecular weight excluding hydrogens is 206 g/mol. The molecule has 0 amide bonds. The Hall–Kier alpha value is -2.09. The molecule has 0 radical (unpaired) electrons. The van der Waals surface area contributed by atoms with Gasteiger partial charge < -0.3 is 9.64 Å². The lowest BCUT2D eigenvalue weighted by atomic mass is 10.3. The predicted molar refractivity (Wildman–Crippen MR) is 58.9 cm³/mol. The van der Waals surface area contributed by atoms with Gasteiger partial charge in [0.15, 0.2) is 0 Å². The van der Waals surface area contributed by atoms with Crippen LogP contribution in [0.4, 0.5) is 5.69 Å². The normalized spacial score (nSPS) is 9.31. The molecule has 0 aromatic carbocycles. The lowest BCUT2D eigenvalue weighted by molar-refractivity contribution is -0.138. The molecular formula is C11H13N3O2. The summed E-state index contributed by atoms with van der Waals surface area (Å²) in [5.74, 6) is -0.300. The highest BCUT2D eigenvalue weighted by molar-refractivity contribution is 5.75. The van der Waals surface area contributed by atoms with Crippen LogP contribution in [-0.2, 0) is 9.53 Å². The third-order valence-electron chi connectivity index (χ3n) is 2.16. The predicted octanol–water partition coefficient (Wildman–Crippen LogP) is 0.953. The first-order valence-electron chi connectivity index (χ1n) is 4.89. The maximum Gasteiger partial charge on any atom is 0.325 e. The van der Waals surface area contributed by atoms with Crippen molar-refractivity contribution in [1.29, 1.82) is 5.26 Å². The first-order valence-corrected chi connectivity index (χ1v) is 4.89. The van der Waals surface area contributed by atoms with Crippen LogP contribution in [0.2, 0.25) is 0 Å². The van der Waals surface area contributed by atoms with Gasteiger partial charge in [0, 0.05) is 6.54 Å². The Kier molecular flexibility index (Phi) is 4.28. The Morgan fingerprint density at radius 3 is 2.81 bits per heavy atom. The summed E-state index contributed by atoms with van der Waals surface area (Å²) in [6.07, 6.45) is 1.57. The van der Waals surface area contributed by atoms with Gasteiger partial charge >= 0.3 is 5.97 Å². The van der Waals surface area contributed by atoms with Crippen molar-refractivity contribution >= 4 is 11.7 Å². The third kappa shape index (κ3) is 2.95. The van der Waals surface area contributed by atoms with E-state index >= 15 is 0 Å². The molecule has 5 nitrogen and oxygen atoms in total. The Morgan fingerprint density at radius 1 is 1.62 bits per heavy atom. The van der Waals surface area contributed by atoms with E-state index in [0.717, 1.165) is 5.69 Å². The van der Waals surface area contributed by atoms with E-state index in [0.29, 0.717) is 12.2 Å². The van der Waals surface area contributed by atoms with Crippen LogP contribution >= 0.6 is 0 Å². The molecule has 0 atom stereocenters. The van der Waals surface area contributed by atoms with Crippen LogP contribution in [0.3, 0.4) is 0 Å². The van der Waals surface area contributed by atoms with E-state index in [1.54, 1.807) is 18.3 Å². The Balaban J connectivity index is 2.79. The van der Waals surface area contributed by atoms with Crippen molar-refractivity contribution < 1.29 is 9.53 Å². The van der Waals surface area contributed by atoms with Gasteiger partial charge in [-0.1, -0.05) is 0 Å². The van der Waals surface area contributed by atoms with Gasteiger partial charge in [-0.15, -0.1) is 0 Å². The number of nitrogens with zero attached hydrogens (tertiary/aromatic N) is 3. The number of hydrogen-bond donors (Lipinski definition) is 0. The summed E-state index contributed by atoms with van der Waals surface area (Å²) in [5, 5.41) is 8.61. The maximum absolute atomic E-state index is 11.1. The molecule has 0 aliphatic heterocycles. The number of likely N-dealkylation sites (N-methyl/N-ethyl adjacent to an activating group) is 1. The topological polar surface area (TPSA) is 66.2 Å². The van der Waals surface area contributed by atoms with E-state index in [9.17, 15) is 4.79 Å². The monoisotopic (exact) mass is 219 g/mol. The fourth-order valence-corrected chi connectivity index (χ4v) is 1.25. The van der Waals surface area contributed by atoms with Crippen molar-refractivity contribution in [3.05, 3.63) is 24.0 Å². The fraction of sp³-hybridized carbons (Fsp3) is 0.364. The van der Waals surface area contributed by atoms with Crippen LogP contribution in [0.25, 0.3) is 0 Å². The van der Waals surface area contributed by atoms with E-state index in [4.69, 9.17) is 5.26 Å². The van der Waals surface area contributed by atoms with Gasteiger partial charge in [0.1, 0.15) is 18.3 Å². The van der Waals surface area contributed by atoms with Gasteiger partial charge in [0.05, 0.1) is 19.0 Å². The highest BCUT2D eigenvalue weighted by Gasteiger charge is 2.10. The van der Waals surface area contributed by atoms with Crippen molar-refractivity contribution in [3.8, 4) is 6.07 Å². The van der Waals surface area contributed by atoms with Crippen LogP contribution in [-0.4, -0.2) is 31.2 Å². The molecule has 0 saturated heterocycles. The minimum absolute atomic E-state index is 0.181. The van der Waals surface area contributed by atoms with Crippen LogP contribution < -0.4 is 4.90 Å². The summed E-state index contributed by atoms with van der Waals surface area (Å²) in [4.78, 5) is 16.9. The molecule has 0 N–H and O–H groups in total. The van der Waals surface area contributed by atoms with Gasteiger partial charge in [-0.2, -0.15) is 5.26 Å². The molecule has 0 unspecified atom stereocenters. The van der Waals surface area contributed by atoms with Crippen molar-refractivity contribution in [2.45, 2.75) is 6.92 Å². The summed E-state index contributed by atoms with van der Waals surface area (Å²) in [6, 6.07) is 5.32. The minimum atomic E-state index is -0.300. The second-order valence-corrected chi connectivity index (χ2v) is 3.10. The van der Waals surface area contributed by atoms with Gasteiger partial charge in [-0.25, -0.2) is 4.98 Å². The number of pyridine rings is 1. The Morgan fingerprint density at radius 2 is 2.38 bits per heavy atom. The average Bonchev–Trinajstić information content (AvgIpc) is 2.35. The lowest BCUT2D eigenvalue weighted by Crippen LogP contribution is -2.30. The van der Waals surface area contributed by atoms with Crippen molar-refractivity contribution in [2.75, 3.05) is 25.1 Å². The number of anilines is 1. The largest absolute Gasteiger partial charge is 0.468 e. The van der Waals surface area contributed by atoms with Crippen molar-refractivity contribution in [2.24, 2.45) is 0 Å². The van der Waals surface area contributed by atoms with E-state index < -0.39 is 0 Å². The van der Waals surface area contributed by atoms with Gasteiger partial charge in [0.25, 0.3) is 0 Å². The zero-order valence-corrected chi connectivity index (χ0v) is 9.30. The summed E-state index contributed by atoms with van der Waals surface area (Å²) in [5.41, 5.74) is 1.16. The van der Waals surface area contributed by atoms with Gasteiger partial charge in [-0.05, 0) is 19.1 Å². The number of carbonyl (C=O) groups excluding carboxylic acids is 1. The molecule has 0 spiro atoms. The smallest absolute Gasteiger partial charge is 0.325 e. The highest BCUT2D eigenvalue weighted by atomic mass is 16.5. The number of hydrogen-bond acceptors (Lipinski definition) is 5. The van der Waals surface area contributed by atoms with E-state index in [-0.39, 0.29) is 12.5 Å². The van der Waals surface area contributed by atoms with E-state index in [2.05, 4.69) is 9.72 Å². The molecule has 0 aliphatic rings. The zero-order chi connectivity index (χ0) is 12.0.